The van der Waals surface area contributed by atoms with E-state index >= 15 is 0 Å². The first kappa shape index (κ1) is 20.7. The van der Waals surface area contributed by atoms with E-state index < -0.39 is 0 Å². The van der Waals surface area contributed by atoms with Crippen LogP contribution in [0.25, 0.3) is 21.9 Å². The van der Waals surface area contributed by atoms with Gasteiger partial charge in [0.05, 0.1) is 19.1 Å². The average Bonchev–Trinajstić information content (AvgIpc) is 2.84. The van der Waals surface area contributed by atoms with E-state index in [2.05, 4.69) is 53.1 Å². The summed E-state index contributed by atoms with van der Waals surface area (Å²) >= 11 is 0. The van der Waals surface area contributed by atoms with Crippen LogP contribution < -0.4 is 10.5 Å². The molecule has 0 radical (unpaired) electrons. The van der Waals surface area contributed by atoms with Crippen LogP contribution >= 0.6 is 0 Å². The second-order valence-electron chi connectivity index (χ2n) is 10.3. The Labute approximate surface area is 194 Å². The number of aromatic nitrogens is 1. The van der Waals surface area contributed by atoms with Gasteiger partial charge >= 0.3 is 0 Å². The van der Waals surface area contributed by atoms with Crippen molar-refractivity contribution in [3.63, 3.8) is 0 Å². The van der Waals surface area contributed by atoms with Crippen molar-refractivity contribution in [2.75, 3.05) is 26.2 Å². The predicted octanol–water partition coefficient (Wildman–Crippen LogP) is 2.68. The van der Waals surface area contributed by atoms with Gasteiger partial charge in [-0.2, -0.15) is 0 Å². The number of piperidine rings is 2. The van der Waals surface area contributed by atoms with E-state index in [4.69, 9.17) is 0 Å². The molecule has 1 amide bonds. The van der Waals surface area contributed by atoms with Crippen molar-refractivity contribution in [3.8, 4) is 11.1 Å². The molecule has 2 saturated heterocycles. The standard InChI is InChI=1S/C28H31N3O2/c1-19(32)29-12-10-25(11-13-29)30-16-20-14-24(18-30)28-26(8-9-27(33)31(28)17-20)23-7-6-21-4-2-3-5-22(21)15-23/h2-9,15,20,24-25H,10-14,16-18H2,1H3/p+1/t20-,24+/m0/s1. The number of carbonyl (C=O) groups is 1. The second-order valence-corrected chi connectivity index (χ2v) is 10.3. The number of nitrogens with one attached hydrogen (secondary N) is 1. The molecule has 3 atom stereocenters. The van der Waals surface area contributed by atoms with Crippen molar-refractivity contribution in [2.24, 2.45) is 5.92 Å². The van der Waals surface area contributed by atoms with Gasteiger partial charge in [0, 0.05) is 68.6 Å². The van der Waals surface area contributed by atoms with Crippen LogP contribution in [-0.4, -0.2) is 47.6 Å². The molecule has 5 nitrogen and oxygen atoms in total. The van der Waals surface area contributed by atoms with Gasteiger partial charge in [0.1, 0.15) is 0 Å². The molecule has 1 aromatic heterocycles. The van der Waals surface area contributed by atoms with E-state index in [1.165, 1.54) is 34.0 Å². The van der Waals surface area contributed by atoms with Gasteiger partial charge in [-0.3, -0.25) is 9.59 Å². The van der Waals surface area contributed by atoms with Gasteiger partial charge in [0.2, 0.25) is 5.91 Å². The number of carbonyl (C=O) groups excluding carboxylic acids is 1. The summed E-state index contributed by atoms with van der Waals surface area (Å²) in [5.74, 6) is 1.17. The van der Waals surface area contributed by atoms with Crippen LogP contribution in [0.1, 0.15) is 37.8 Å². The Bertz CT molecular complexity index is 1270. The number of rotatable bonds is 2. The first-order valence-electron chi connectivity index (χ1n) is 12.4. The van der Waals surface area contributed by atoms with Gasteiger partial charge in [-0.15, -0.1) is 0 Å². The molecule has 0 spiro atoms. The first-order valence-corrected chi connectivity index (χ1v) is 12.4. The Morgan fingerprint density at radius 2 is 1.76 bits per heavy atom. The largest absolute Gasteiger partial charge is 0.342 e. The molecule has 6 rings (SSSR count). The molecule has 1 N–H and O–H groups in total. The summed E-state index contributed by atoms with van der Waals surface area (Å²) in [4.78, 5) is 28.3. The van der Waals surface area contributed by atoms with E-state index in [9.17, 15) is 9.59 Å². The van der Waals surface area contributed by atoms with Gasteiger partial charge in [0.15, 0.2) is 0 Å². The fraction of sp³-hybridized carbons (Fsp3) is 0.429. The molecule has 170 valence electrons. The lowest BCUT2D eigenvalue weighted by Crippen LogP contribution is -3.18. The lowest BCUT2D eigenvalue weighted by Gasteiger charge is -2.45. The van der Waals surface area contributed by atoms with E-state index in [1.54, 1.807) is 17.9 Å². The molecular weight excluding hydrogens is 410 g/mol. The molecule has 5 heteroatoms. The fourth-order valence-electron chi connectivity index (χ4n) is 6.70. The molecule has 2 aromatic carbocycles. The smallest absolute Gasteiger partial charge is 0.250 e. The van der Waals surface area contributed by atoms with Gasteiger partial charge in [-0.25, -0.2) is 0 Å². The van der Waals surface area contributed by atoms with E-state index in [0.29, 0.717) is 17.9 Å². The summed E-state index contributed by atoms with van der Waals surface area (Å²) in [7, 11) is 0. The third-order valence-corrected chi connectivity index (χ3v) is 8.31. The zero-order valence-corrected chi connectivity index (χ0v) is 19.3. The van der Waals surface area contributed by atoms with Crippen LogP contribution in [0.4, 0.5) is 0 Å². The van der Waals surface area contributed by atoms with Crippen molar-refractivity contribution < 1.29 is 9.69 Å². The highest BCUT2D eigenvalue weighted by molar-refractivity contribution is 5.87. The first-order chi connectivity index (χ1) is 16.1. The maximum atomic E-state index is 12.9. The summed E-state index contributed by atoms with van der Waals surface area (Å²) < 4.78 is 2.08. The van der Waals surface area contributed by atoms with Crippen LogP contribution in [0.2, 0.25) is 0 Å². The molecule has 2 bridgehead atoms. The van der Waals surface area contributed by atoms with Crippen molar-refractivity contribution in [1.29, 1.82) is 0 Å². The van der Waals surface area contributed by atoms with Gasteiger partial charge in [-0.1, -0.05) is 36.4 Å². The van der Waals surface area contributed by atoms with Crippen molar-refractivity contribution in [3.05, 3.63) is 70.6 Å². The summed E-state index contributed by atoms with van der Waals surface area (Å²) in [5.41, 5.74) is 3.81. The Morgan fingerprint density at radius 1 is 0.970 bits per heavy atom. The number of pyridine rings is 1. The van der Waals surface area contributed by atoms with Crippen LogP contribution in [0.5, 0.6) is 0 Å². The van der Waals surface area contributed by atoms with Crippen LogP contribution in [0, 0.1) is 5.92 Å². The summed E-state index contributed by atoms with van der Waals surface area (Å²) in [6.07, 6.45) is 3.36. The number of likely N-dealkylation sites (tertiary alicyclic amines) is 2. The highest BCUT2D eigenvalue weighted by Crippen LogP contribution is 2.37. The minimum absolute atomic E-state index is 0.141. The predicted molar refractivity (Wildman–Crippen MR) is 130 cm³/mol. The normalized spacial score (nSPS) is 25.1. The minimum atomic E-state index is 0.141. The SMILES string of the molecule is CC(=O)N1CCC([NH+]2C[C@@H]3C[C@H](C2)c2c(-c4ccc5ccccc5c4)ccc(=O)n2C3)CC1. The minimum Gasteiger partial charge on any atom is -0.342 e. The lowest BCUT2D eigenvalue weighted by molar-refractivity contribution is -0.937. The quantitative estimate of drug-likeness (QED) is 0.663. The average molecular weight is 443 g/mol. The van der Waals surface area contributed by atoms with Crippen molar-refractivity contribution in [1.82, 2.24) is 9.47 Å². The molecule has 33 heavy (non-hydrogen) atoms. The molecular formula is C28H32N3O2+. The lowest BCUT2D eigenvalue weighted by atomic mass is 9.79. The highest BCUT2D eigenvalue weighted by atomic mass is 16.2. The van der Waals surface area contributed by atoms with Crippen molar-refractivity contribution >= 4 is 16.7 Å². The summed E-state index contributed by atoms with van der Waals surface area (Å²) in [6, 6.07) is 19.6. The number of hydrogen-bond donors (Lipinski definition) is 1. The second kappa shape index (κ2) is 8.14. The highest BCUT2D eigenvalue weighted by Gasteiger charge is 2.41. The molecule has 1 unspecified atom stereocenters. The number of quaternary nitrogens is 1. The Balaban J connectivity index is 1.34. The maximum absolute atomic E-state index is 12.9. The van der Waals surface area contributed by atoms with Crippen LogP contribution in [0.3, 0.4) is 0 Å². The molecule has 3 aliphatic rings. The number of amides is 1. The Morgan fingerprint density at radius 3 is 2.55 bits per heavy atom. The monoisotopic (exact) mass is 442 g/mol. The zero-order valence-electron chi connectivity index (χ0n) is 19.3. The van der Waals surface area contributed by atoms with Gasteiger partial charge in [-0.05, 0) is 34.9 Å². The molecule has 3 aromatic rings. The van der Waals surface area contributed by atoms with Crippen LogP contribution in [-0.2, 0) is 11.3 Å². The van der Waals surface area contributed by atoms with Gasteiger partial charge < -0.3 is 14.4 Å². The topological polar surface area (TPSA) is 46.8 Å². The molecule has 3 aliphatic heterocycles. The molecule has 0 saturated carbocycles. The zero-order chi connectivity index (χ0) is 22.5. The number of hydrogen-bond acceptors (Lipinski definition) is 2. The van der Waals surface area contributed by atoms with E-state index in [-0.39, 0.29) is 11.5 Å². The third kappa shape index (κ3) is 3.68. The number of benzene rings is 2. The molecule has 0 aliphatic carbocycles. The fourth-order valence-corrected chi connectivity index (χ4v) is 6.70. The third-order valence-electron chi connectivity index (χ3n) is 8.31. The number of fused-ring (bicyclic) bond motifs is 5. The van der Waals surface area contributed by atoms with Crippen molar-refractivity contribution in [2.45, 2.75) is 44.7 Å². The number of nitrogens with zero attached hydrogens (tertiary/aromatic N) is 2. The van der Waals surface area contributed by atoms with E-state index in [1.807, 2.05) is 4.90 Å². The molecule has 4 heterocycles. The maximum Gasteiger partial charge on any atom is 0.250 e. The summed E-state index contributed by atoms with van der Waals surface area (Å²) in [5, 5.41) is 2.48. The van der Waals surface area contributed by atoms with E-state index in [0.717, 1.165) is 45.6 Å². The van der Waals surface area contributed by atoms with Gasteiger partial charge in [0.25, 0.3) is 5.56 Å². The molecule has 2 fully saturated rings. The Kier molecular flexibility index (Phi) is 5.10. The van der Waals surface area contributed by atoms with Crippen LogP contribution in [0.15, 0.2) is 59.4 Å². The Hall–Kier alpha value is -2.92. The summed E-state index contributed by atoms with van der Waals surface area (Å²) in [6.45, 7) is 6.52.